The molecule has 2 aromatic rings. The van der Waals surface area contributed by atoms with Crippen molar-refractivity contribution in [3.05, 3.63) is 59.2 Å². The molecule has 0 aromatic heterocycles. The zero-order valence-corrected chi connectivity index (χ0v) is 16.5. The van der Waals surface area contributed by atoms with Gasteiger partial charge < -0.3 is 5.32 Å². The highest BCUT2D eigenvalue weighted by atomic mass is 32.2. The second-order valence-corrected chi connectivity index (χ2v) is 8.60. The van der Waals surface area contributed by atoms with Gasteiger partial charge in [-0.15, -0.1) is 0 Å². The van der Waals surface area contributed by atoms with Gasteiger partial charge in [0.15, 0.2) is 9.84 Å². The first-order chi connectivity index (χ1) is 14.1. The zero-order valence-electron chi connectivity index (χ0n) is 15.7. The van der Waals surface area contributed by atoms with E-state index in [9.17, 15) is 39.6 Å². The number of nitriles is 1. The van der Waals surface area contributed by atoms with Gasteiger partial charge in [-0.2, -0.15) is 31.6 Å². The number of amides is 1. The molecule has 5 nitrogen and oxygen atoms in total. The SMILES string of the molecule is CC(CS(=O)(=O)c1ccc(C(F)(F)F)cc1)C(=O)Nc1ccc(C#N)c(C(F)(F)F)c1. The highest BCUT2D eigenvalue weighted by molar-refractivity contribution is 7.91. The second kappa shape index (κ2) is 8.58. The number of sulfone groups is 1. The van der Waals surface area contributed by atoms with Crippen molar-refractivity contribution in [3.8, 4) is 6.07 Å². The first-order valence-corrected chi connectivity index (χ1v) is 10.1. The van der Waals surface area contributed by atoms with Crippen LogP contribution >= 0.6 is 0 Å². The standard InChI is InChI=1S/C19H14F6N2O3S/c1-11(10-31(29,30)15-6-3-13(4-7-15)18(20,21)22)17(28)27-14-5-2-12(9-26)16(8-14)19(23,24)25/h2-8,11H,10H2,1H3,(H,27,28). The van der Waals surface area contributed by atoms with E-state index in [4.69, 9.17) is 5.26 Å². The van der Waals surface area contributed by atoms with Crippen LogP contribution in [-0.2, 0) is 27.0 Å². The van der Waals surface area contributed by atoms with Crippen LogP contribution in [0.4, 0.5) is 32.0 Å². The number of hydrogen-bond donors (Lipinski definition) is 1. The first-order valence-electron chi connectivity index (χ1n) is 8.47. The Morgan fingerprint density at radius 3 is 2.10 bits per heavy atom. The predicted octanol–water partition coefficient (Wildman–Crippen LogP) is 4.64. The van der Waals surface area contributed by atoms with Crippen molar-refractivity contribution < 1.29 is 39.6 Å². The third-order valence-electron chi connectivity index (χ3n) is 4.17. The van der Waals surface area contributed by atoms with Crippen molar-refractivity contribution >= 4 is 21.4 Å². The fraction of sp³-hybridized carbons (Fsp3) is 0.263. The molecule has 0 aliphatic carbocycles. The molecule has 2 aromatic carbocycles. The topological polar surface area (TPSA) is 87.0 Å². The van der Waals surface area contributed by atoms with E-state index in [1.165, 1.54) is 13.0 Å². The molecule has 1 N–H and O–H groups in total. The molecule has 0 radical (unpaired) electrons. The monoisotopic (exact) mass is 464 g/mol. The summed E-state index contributed by atoms with van der Waals surface area (Å²) in [5.41, 5.74) is -3.25. The molecule has 0 bridgehead atoms. The van der Waals surface area contributed by atoms with Crippen molar-refractivity contribution in [2.45, 2.75) is 24.2 Å². The summed E-state index contributed by atoms with van der Waals surface area (Å²) in [5.74, 6) is -2.95. The molecule has 0 fully saturated rings. The minimum Gasteiger partial charge on any atom is -0.326 e. The molecule has 0 spiro atoms. The Kier molecular flexibility index (Phi) is 6.70. The Labute approximate surface area is 173 Å². The van der Waals surface area contributed by atoms with Gasteiger partial charge in [0, 0.05) is 11.6 Å². The van der Waals surface area contributed by atoms with Gasteiger partial charge in [0.2, 0.25) is 5.91 Å². The lowest BCUT2D eigenvalue weighted by Gasteiger charge is -2.15. The van der Waals surface area contributed by atoms with Crippen LogP contribution in [0.3, 0.4) is 0 Å². The summed E-state index contributed by atoms with van der Waals surface area (Å²) in [7, 11) is -4.15. The van der Waals surface area contributed by atoms with E-state index < -0.39 is 61.4 Å². The van der Waals surface area contributed by atoms with Gasteiger partial charge in [-0.05, 0) is 42.5 Å². The largest absolute Gasteiger partial charge is 0.417 e. The van der Waals surface area contributed by atoms with Crippen molar-refractivity contribution in [1.29, 1.82) is 5.26 Å². The molecule has 0 aliphatic heterocycles. The van der Waals surface area contributed by atoms with Crippen molar-refractivity contribution in [2.24, 2.45) is 5.92 Å². The maximum atomic E-state index is 13.0. The first kappa shape index (κ1) is 24.2. The van der Waals surface area contributed by atoms with Crippen molar-refractivity contribution in [1.82, 2.24) is 0 Å². The van der Waals surface area contributed by atoms with Crippen LogP contribution in [0.1, 0.15) is 23.6 Å². The molecule has 1 unspecified atom stereocenters. The van der Waals surface area contributed by atoms with Crippen LogP contribution < -0.4 is 5.32 Å². The predicted molar refractivity (Wildman–Crippen MR) is 97.4 cm³/mol. The summed E-state index contributed by atoms with van der Waals surface area (Å²) in [6.45, 7) is 1.20. The number of alkyl halides is 6. The number of nitrogens with one attached hydrogen (secondary N) is 1. The van der Waals surface area contributed by atoms with Gasteiger partial charge >= 0.3 is 12.4 Å². The summed E-state index contributed by atoms with van der Waals surface area (Å²) in [6.07, 6.45) is -9.49. The highest BCUT2D eigenvalue weighted by Gasteiger charge is 2.34. The molecule has 12 heteroatoms. The van der Waals surface area contributed by atoms with Crippen LogP contribution in [0.5, 0.6) is 0 Å². The lowest BCUT2D eigenvalue weighted by Crippen LogP contribution is -2.27. The van der Waals surface area contributed by atoms with E-state index in [0.29, 0.717) is 18.2 Å². The molecule has 0 saturated heterocycles. The zero-order chi connectivity index (χ0) is 23.6. The Hall–Kier alpha value is -3.07. The van der Waals surface area contributed by atoms with E-state index >= 15 is 0 Å². The summed E-state index contributed by atoms with van der Waals surface area (Å²) < 4.78 is 102. The summed E-state index contributed by atoms with van der Waals surface area (Å²) in [6, 6.07) is 6.56. The number of nitrogens with zero attached hydrogens (tertiary/aromatic N) is 1. The lowest BCUT2D eigenvalue weighted by molar-refractivity contribution is -0.138. The van der Waals surface area contributed by atoms with Crippen LogP contribution in [0.25, 0.3) is 0 Å². The summed E-state index contributed by atoms with van der Waals surface area (Å²) in [4.78, 5) is 11.8. The van der Waals surface area contributed by atoms with Gasteiger partial charge in [-0.25, -0.2) is 8.42 Å². The van der Waals surface area contributed by atoms with Gasteiger partial charge in [0.05, 0.1) is 33.4 Å². The smallest absolute Gasteiger partial charge is 0.326 e. The van der Waals surface area contributed by atoms with Gasteiger partial charge in [-0.3, -0.25) is 4.79 Å². The molecular formula is C19H14F6N2O3S. The molecule has 1 amide bonds. The molecule has 2 rings (SSSR count). The summed E-state index contributed by atoms with van der Waals surface area (Å²) >= 11 is 0. The number of rotatable bonds is 5. The number of benzene rings is 2. The molecular weight excluding hydrogens is 450 g/mol. The number of halogens is 6. The fourth-order valence-corrected chi connectivity index (χ4v) is 4.12. The number of anilines is 1. The molecule has 0 saturated carbocycles. The number of hydrogen-bond acceptors (Lipinski definition) is 4. The van der Waals surface area contributed by atoms with Crippen LogP contribution in [-0.4, -0.2) is 20.1 Å². The number of carbonyl (C=O) groups is 1. The Morgan fingerprint density at radius 1 is 1.03 bits per heavy atom. The fourth-order valence-electron chi connectivity index (χ4n) is 2.57. The van der Waals surface area contributed by atoms with Gasteiger partial charge in [0.25, 0.3) is 0 Å². The van der Waals surface area contributed by atoms with Crippen LogP contribution in [0.2, 0.25) is 0 Å². The molecule has 1 atom stereocenters. The minimum atomic E-state index is -4.84. The Balaban J connectivity index is 2.16. The van der Waals surface area contributed by atoms with E-state index in [1.807, 2.05) is 0 Å². The number of carbonyl (C=O) groups excluding carboxylic acids is 1. The molecule has 0 aliphatic rings. The Bertz CT molecular complexity index is 1120. The van der Waals surface area contributed by atoms with E-state index in [1.54, 1.807) is 0 Å². The van der Waals surface area contributed by atoms with Crippen LogP contribution in [0.15, 0.2) is 47.4 Å². The average molecular weight is 464 g/mol. The second-order valence-electron chi connectivity index (χ2n) is 6.56. The van der Waals surface area contributed by atoms with Crippen molar-refractivity contribution in [2.75, 3.05) is 11.1 Å². The molecule has 166 valence electrons. The Morgan fingerprint density at radius 2 is 1.61 bits per heavy atom. The third-order valence-corrected chi connectivity index (χ3v) is 6.10. The average Bonchev–Trinajstić information content (AvgIpc) is 2.66. The van der Waals surface area contributed by atoms with Gasteiger partial charge in [-0.1, -0.05) is 6.92 Å². The van der Waals surface area contributed by atoms with E-state index in [-0.39, 0.29) is 5.69 Å². The quantitative estimate of drug-likeness (QED) is 0.653. The third kappa shape index (κ3) is 5.97. The molecule has 0 heterocycles. The minimum absolute atomic E-state index is 0.296. The van der Waals surface area contributed by atoms with E-state index in [2.05, 4.69) is 5.32 Å². The highest BCUT2D eigenvalue weighted by Crippen LogP contribution is 2.34. The maximum absolute atomic E-state index is 13.0. The van der Waals surface area contributed by atoms with Gasteiger partial charge in [0.1, 0.15) is 0 Å². The van der Waals surface area contributed by atoms with Crippen LogP contribution in [0, 0.1) is 17.2 Å². The lowest BCUT2D eigenvalue weighted by atomic mass is 10.1. The molecule has 31 heavy (non-hydrogen) atoms. The summed E-state index contributed by atoms with van der Waals surface area (Å²) in [5, 5.41) is 10.9. The van der Waals surface area contributed by atoms with Crippen molar-refractivity contribution in [3.63, 3.8) is 0 Å². The maximum Gasteiger partial charge on any atom is 0.417 e. The van der Waals surface area contributed by atoms with E-state index in [0.717, 1.165) is 24.3 Å². The normalized spacial score (nSPS) is 13.4.